The lowest BCUT2D eigenvalue weighted by molar-refractivity contribution is -0.136. The molecule has 0 aliphatic rings. The summed E-state index contributed by atoms with van der Waals surface area (Å²) in [6.45, 7) is 1.90. The Hall–Kier alpha value is -1.05. The van der Waals surface area contributed by atoms with Crippen molar-refractivity contribution in [2.24, 2.45) is 0 Å². The van der Waals surface area contributed by atoms with Crippen molar-refractivity contribution in [1.29, 1.82) is 0 Å². The molecule has 0 atom stereocenters. The number of carbonyl (C=O) groups is 1. The first-order valence-corrected chi connectivity index (χ1v) is 5.55. The maximum Gasteiger partial charge on any atom is 0.384 e. The highest BCUT2D eigenvalue weighted by molar-refractivity contribution is 9.10. The third-order valence-electron chi connectivity index (χ3n) is 1.61. The molecule has 1 rings (SSSR count). The van der Waals surface area contributed by atoms with Crippen molar-refractivity contribution < 1.29 is 13.9 Å². The Balaban J connectivity index is 2.98. The van der Waals surface area contributed by atoms with E-state index in [4.69, 9.17) is 11.6 Å². The summed E-state index contributed by atoms with van der Waals surface area (Å²) in [5.41, 5.74) is 0.0567. The van der Waals surface area contributed by atoms with Gasteiger partial charge >= 0.3 is 5.97 Å². The van der Waals surface area contributed by atoms with Gasteiger partial charge in [0.05, 0.1) is 17.2 Å². The molecule has 0 spiro atoms. The molecule has 0 aromatic heterocycles. The van der Waals surface area contributed by atoms with Crippen LogP contribution < -0.4 is 0 Å². The molecule has 1 aromatic carbocycles. The topological polar surface area (TPSA) is 26.3 Å². The van der Waals surface area contributed by atoms with E-state index in [0.29, 0.717) is 4.47 Å². The fourth-order valence-corrected chi connectivity index (χ4v) is 1.38. The van der Waals surface area contributed by atoms with Gasteiger partial charge in [0, 0.05) is 10.4 Å². The first-order chi connectivity index (χ1) is 7.56. The van der Waals surface area contributed by atoms with Gasteiger partial charge in [-0.05, 0) is 35.0 Å². The molecule has 84 valence electrons. The van der Waals surface area contributed by atoms with E-state index in [1.807, 2.05) is 0 Å². The summed E-state index contributed by atoms with van der Waals surface area (Å²) in [5.74, 6) is 3.17. The van der Waals surface area contributed by atoms with Crippen LogP contribution in [0.5, 0.6) is 0 Å². The molecule has 0 N–H and O–H groups in total. The van der Waals surface area contributed by atoms with E-state index < -0.39 is 11.8 Å². The molecule has 0 radical (unpaired) electrons. The second-order valence-corrected chi connectivity index (χ2v) is 3.93. The van der Waals surface area contributed by atoms with Gasteiger partial charge in [0.2, 0.25) is 0 Å². The van der Waals surface area contributed by atoms with Crippen LogP contribution in [0.25, 0.3) is 0 Å². The smallest absolute Gasteiger partial charge is 0.384 e. The number of benzene rings is 1. The van der Waals surface area contributed by atoms with E-state index in [9.17, 15) is 9.18 Å². The lowest BCUT2D eigenvalue weighted by atomic mass is 10.2. The highest BCUT2D eigenvalue weighted by Crippen LogP contribution is 2.26. The Kier molecular flexibility index (Phi) is 4.78. The fraction of sp³-hybridized carbons (Fsp3) is 0.182. The predicted octanol–water partition coefficient (Wildman–Crippen LogP) is 3.16. The number of ether oxygens (including phenoxy) is 1. The third-order valence-corrected chi connectivity index (χ3v) is 2.87. The Morgan fingerprint density at radius 2 is 2.31 bits per heavy atom. The number of hydrogen-bond acceptors (Lipinski definition) is 2. The van der Waals surface area contributed by atoms with Crippen LogP contribution in [0.15, 0.2) is 16.6 Å². The second kappa shape index (κ2) is 5.88. The van der Waals surface area contributed by atoms with Crippen molar-refractivity contribution in [3.05, 3.63) is 33.0 Å². The minimum absolute atomic E-state index is 0.0567. The molecule has 1 aromatic rings. The van der Waals surface area contributed by atoms with Crippen molar-refractivity contribution >= 4 is 33.5 Å². The average Bonchev–Trinajstić information content (AvgIpc) is 2.25. The lowest BCUT2D eigenvalue weighted by Crippen LogP contribution is -1.99. The SMILES string of the molecule is CCOC(=O)C#Cc1ccc(Br)c(Cl)c1F. The normalized spacial score (nSPS) is 9.25. The number of esters is 1. The van der Waals surface area contributed by atoms with Gasteiger partial charge < -0.3 is 4.74 Å². The molecule has 5 heteroatoms. The molecule has 0 aliphatic heterocycles. The van der Waals surface area contributed by atoms with Gasteiger partial charge in [-0.2, -0.15) is 0 Å². The highest BCUT2D eigenvalue weighted by Gasteiger charge is 2.08. The molecule has 0 heterocycles. The van der Waals surface area contributed by atoms with E-state index in [1.54, 1.807) is 13.0 Å². The molecule has 2 nitrogen and oxygen atoms in total. The van der Waals surface area contributed by atoms with E-state index in [0.717, 1.165) is 0 Å². The van der Waals surface area contributed by atoms with Crippen LogP contribution in [0.3, 0.4) is 0 Å². The zero-order valence-corrected chi connectivity index (χ0v) is 10.7. The van der Waals surface area contributed by atoms with E-state index >= 15 is 0 Å². The van der Waals surface area contributed by atoms with Gasteiger partial charge in [-0.15, -0.1) is 0 Å². The molecular weight excluding hydrogens is 298 g/mol. The zero-order valence-electron chi connectivity index (χ0n) is 8.31. The van der Waals surface area contributed by atoms with Crippen LogP contribution >= 0.6 is 27.5 Å². The standard InChI is InChI=1S/C11H7BrClFO2/c1-2-16-9(15)6-4-7-3-5-8(12)10(13)11(7)14/h3,5H,2H2,1H3. The monoisotopic (exact) mass is 304 g/mol. The Labute approximate surface area is 106 Å². The number of halogens is 3. The Bertz CT molecular complexity index is 477. The highest BCUT2D eigenvalue weighted by atomic mass is 79.9. The minimum atomic E-state index is -0.694. The fourth-order valence-electron chi connectivity index (χ4n) is 0.908. The first-order valence-electron chi connectivity index (χ1n) is 4.38. The van der Waals surface area contributed by atoms with Gasteiger partial charge in [0.25, 0.3) is 0 Å². The largest absolute Gasteiger partial charge is 0.456 e. The van der Waals surface area contributed by atoms with Crippen molar-refractivity contribution in [3.63, 3.8) is 0 Å². The maximum atomic E-state index is 13.5. The quantitative estimate of drug-likeness (QED) is 0.452. The summed E-state index contributed by atoms with van der Waals surface area (Å²) in [6, 6.07) is 2.98. The summed E-state index contributed by atoms with van der Waals surface area (Å²) in [7, 11) is 0. The number of hydrogen-bond donors (Lipinski definition) is 0. The van der Waals surface area contributed by atoms with Crippen molar-refractivity contribution in [1.82, 2.24) is 0 Å². The number of carbonyl (C=O) groups excluding carboxylic acids is 1. The van der Waals surface area contributed by atoms with Crippen molar-refractivity contribution in [3.8, 4) is 11.8 Å². The Morgan fingerprint density at radius 1 is 1.62 bits per heavy atom. The zero-order chi connectivity index (χ0) is 12.1. The van der Waals surface area contributed by atoms with Crippen LogP contribution in [0.2, 0.25) is 5.02 Å². The molecule has 0 unspecified atom stereocenters. The van der Waals surface area contributed by atoms with E-state index in [-0.39, 0.29) is 17.2 Å². The van der Waals surface area contributed by atoms with Crippen LogP contribution in [-0.4, -0.2) is 12.6 Å². The Morgan fingerprint density at radius 3 is 2.94 bits per heavy atom. The summed E-state index contributed by atoms with van der Waals surface area (Å²) in [4.78, 5) is 10.9. The molecule has 0 aliphatic carbocycles. The lowest BCUT2D eigenvalue weighted by Gasteiger charge is -1.99. The molecule has 0 amide bonds. The predicted molar refractivity (Wildman–Crippen MR) is 62.6 cm³/mol. The van der Waals surface area contributed by atoms with Crippen LogP contribution in [0.1, 0.15) is 12.5 Å². The van der Waals surface area contributed by atoms with Gasteiger partial charge in [-0.25, -0.2) is 9.18 Å². The van der Waals surface area contributed by atoms with Crippen LogP contribution in [0, 0.1) is 17.7 Å². The molecule has 0 bridgehead atoms. The molecule has 0 saturated heterocycles. The van der Waals surface area contributed by atoms with Crippen molar-refractivity contribution in [2.45, 2.75) is 6.92 Å². The van der Waals surface area contributed by atoms with Gasteiger partial charge in [0.1, 0.15) is 0 Å². The number of rotatable bonds is 1. The average molecular weight is 306 g/mol. The maximum absolute atomic E-state index is 13.5. The van der Waals surface area contributed by atoms with Crippen molar-refractivity contribution in [2.75, 3.05) is 6.61 Å². The molecule has 0 fully saturated rings. The van der Waals surface area contributed by atoms with Gasteiger partial charge in [-0.3, -0.25) is 0 Å². The molecular formula is C11H7BrClFO2. The summed E-state index contributed by atoms with van der Waals surface area (Å²) in [6.07, 6.45) is 0. The summed E-state index contributed by atoms with van der Waals surface area (Å²) < 4.78 is 18.5. The van der Waals surface area contributed by atoms with E-state index in [2.05, 4.69) is 32.5 Å². The second-order valence-electron chi connectivity index (χ2n) is 2.69. The minimum Gasteiger partial charge on any atom is -0.456 e. The van der Waals surface area contributed by atoms with Gasteiger partial charge in [0.15, 0.2) is 5.82 Å². The summed E-state index contributed by atoms with van der Waals surface area (Å²) >= 11 is 8.73. The first kappa shape index (κ1) is 13.0. The third kappa shape index (κ3) is 3.22. The molecule has 16 heavy (non-hydrogen) atoms. The van der Waals surface area contributed by atoms with Crippen LogP contribution in [0.4, 0.5) is 4.39 Å². The molecule has 0 saturated carbocycles. The van der Waals surface area contributed by atoms with E-state index in [1.165, 1.54) is 6.07 Å². The summed E-state index contributed by atoms with van der Waals surface area (Å²) in [5, 5.41) is -0.0596. The van der Waals surface area contributed by atoms with Gasteiger partial charge in [-0.1, -0.05) is 17.5 Å². The van der Waals surface area contributed by atoms with Crippen LogP contribution in [-0.2, 0) is 9.53 Å².